The Morgan fingerprint density at radius 2 is 1.25 bits per heavy atom. The van der Waals surface area contributed by atoms with Gasteiger partial charge in [-0.15, -0.1) is 0 Å². The fourth-order valence-electron chi connectivity index (χ4n) is 3.24. The lowest BCUT2D eigenvalue weighted by molar-refractivity contribution is -0.397. The molecule has 146 valence electrons. The summed E-state index contributed by atoms with van der Waals surface area (Å²) in [6, 6.07) is 0. The van der Waals surface area contributed by atoms with E-state index in [-0.39, 0.29) is 0 Å². The van der Waals surface area contributed by atoms with Gasteiger partial charge in [0.05, 0.1) is 6.61 Å². The van der Waals surface area contributed by atoms with Gasteiger partial charge in [-0.1, -0.05) is 78.6 Å². The van der Waals surface area contributed by atoms with Gasteiger partial charge in [-0.25, -0.2) is 0 Å². The van der Waals surface area contributed by atoms with E-state index in [0.717, 1.165) is 25.7 Å². The van der Waals surface area contributed by atoms with Crippen LogP contribution in [0.4, 0.5) is 0 Å². The van der Waals surface area contributed by atoms with E-state index < -0.39 is 5.97 Å². The summed E-state index contributed by atoms with van der Waals surface area (Å²) in [4.78, 5) is 0. The summed E-state index contributed by atoms with van der Waals surface area (Å²) in [5, 5.41) is 0. The predicted octanol–water partition coefficient (Wildman–Crippen LogP) is 6.70. The van der Waals surface area contributed by atoms with Crippen LogP contribution in [-0.2, 0) is 14.2 Å². The molecule has 3 heteroatoms. The quantitative estimate of drug-likeness (QED) is 0.204. The van der Waals surface area contributed by atoms with Crippen molar-refractivity contribution in [3.05, 3.63) is 0 Å². The first kappa shape index (κ1) is 23.9. The third kappa shape index (κ3) is 10.0. The van der Waals surface area contributed by atoms with E-state index in [2.05, 4.69) is 20.8 Å². The van der Waals surface area contributed by atoms with Crippen LogP contribution < -0.4 is 0 Å². The van der Waals surface area contributed by atoms with Gasteiger partial charge in [0, 0.05) is 19.6 Å². The van der Waals surface area contributed by atoms with E-state index in [1.54, 1.807) is 7.11 Å². The first-order valence-corrected chi connectivity index (χ1v) is 10.5. The molecule has 0 amide bonds. The van der Waals surface area contributed by atoms with Gasteiger partial charge < -0.3 is 14.2 Å². The molecule has 2 unspecified atom stereocenters. The fraction of sp³-hybridized carbons (Fsp3) is 1.00. The van der Waals surface area contributed by atoms with Crippen molar-refractivity contribution in [3.8, 4) is 0 Å². The summed E-state index contributed by atoms with van der Waals surface area (Å²) < 4.78 is 18.0. The average molecular weight is 345 g/mol. The predicted molar refractivity (Wildman–Crippen MR) is 103 cm³/mol. The summed E-state index contributed by atoms with van der Waals surface area (Å²) in [5.74, 6) is -0.520. The molecule has 0 aliphatic carbocycles. The number of hydrogen-bond donors (Lipinski definition) is 0. The van der Waals surface area contributed by atoms with Crippen LogP contribution in [0.15, 0.2) is 0 Å². The minimum Gasteiger partial charge on any atom is -0.331 e. The third-order valence-electron chi connectivity index (χ3n) is 4.74. The topological polar surface area (TPSA) is 27.7 Å². The Balaban J connectivity index is 4.67. The molecule has 0 aromatic carbocycles. The van der Waals surface area contributed by atoms with Crippen molar-refractivity contribution in [1.29, 1.82) is 0 Å². The van der Waals surface area contributed by atoms with Crippen molar-refractivity contribution >= 4 is 0 Å². The highest BCUT2D eigenvalue weighted by Crippen LogP contribution is 2.34. The monoisotopic (exact) mass is 344 g/mol. The Kier molecular flexibility index (Phi) is 16.3. The van der Waals surface area contributed by atoms with Crippen LogP contribution in [-0.4, -0.2) is 26.3 Å². The summed E-state index contributed by atoms with van der Waals surface area (Å²) in [5.41, 5.74) is 0. The number of unbranched alkanes of at least 4 members (excludes halogenated alkanes) is 7. The molecule has 0 fully saturated rings. The zero-order chi connectivity index (χ0) is 18.1. The van der Waals surface area contributed by atoms with E-state index in [1.165, 1.54) is 51.4 Å². The molecular weight excluding hydrogens is 300 g/mol. The van der Waals surface area contributed by atoms with Gasteiger partial charge in [0.25, 0.3) is 5.97 Å². The smallest absolute Gasteiger partial charge is 0.285 e. The lowest BCUT2D eigenvalue weighted by Gasteiger charge is -2.38. The van der Waals surface area contributed by atoms with Crippen LogP contribution in [0, 0.1) is 5.92 Å². The molecule has 0 rings (SSSR count). The Morgan fingerprint density at radius 1 is 0.667 bits per heavy atom. The standard InChI is InChI=1S/C21H44O3/c1-6-10-13-14-15-16-18-20(17-11-7-2)21(22-5,23-9-4)24-19-12-8-3/h20H,6-19H2,1-5H3. The summed E-state index contributed by atoms with van der Waals surface area (Å²) in [6.45, 7) is 10.1. The van der Waals surface area contributed by atoms with E-state index >= 15 is 0 Å². The highest BCUT2D eigenvalue weighted by atomic mass is 16.9. The van der Waals surface area contributed by atoms with Crippen molar-refractivity contribution in [1.82, 2.24) is 0 Å². The minimum absolute atomic E-state index is 0.324. The number of hydrogen-bond acceptors (Lipinski definition) is 3. The van der Waals surface area contributed by atoms with Crippen molar-refractivity contribution in [3.63, 3.8) is 0 Å². The minimum atomic E-state index is -0.845. The molecular formula is C21H44O3. The van der Waals surface area contributed by atoms with Crippen molar-refractivity contribution < 1.29 is 14.2 Å². The second-order valence-corrected chi connectivity index (χ2v) is 6.84. The molecule has 0 bridgehead atoms. The van der Waals surface area contributed by atoms with Crippen LogP contribution in [0.3, 0.4) is 0 Å². The van der Waals surface area contributed by atoms with Gasteiger partial charge in [0.2, 0.25) is 0 Å². The highest BCUT2D eigenvalue weighted by molar-refractivity contribution is 4.72. The zero-order valence-electron chi connectivity index (χ0n) is 17.2. The van der Waals surface area contributed by atoms with Crippen LogP contribution in [0.1, 0.15) is 105 Å². The van der Waals surface area contributed by atoms with E-state index in [9.17, 15) is 0 Å². The summed E-state index contributed by atoms with van der Waals surface area (Å²) >= 11 is 0. The molecule has 0 radical (unpaired) electrons. The van der Waals surface area contributed by atoms with E-state index in [4.69, 9.17) is 14.2 Å². The molecule has 24 heavy (non-hydrogen) atoms. The third-order valence-corrected chi connectivity index (χ3v) is 4.74. The van der Waals surface area contributed by atoms with Crippen LogP contribution in [0.25, 0.3) is 0 Å². The lowest BCUT2D eigenvalue weighted by atomic mass is 9.92. The molecule has 0 saturated heterocycles. The van der Waals surface area contributed by atoms with Crippen LogP contribution in [0.2, 0.25) is 0 Å². The van der Waals surface area contributed by atoms with Gasteiger partial charge in [0.15, 0.2) is 0 Å². The molecule has 0 N–H and O–H groups in total. The molecule has 2 atom stereocenters. The van der Waals surface area contributed by atoms with Gasteiger partial charge in [-0.3, -0.25) is 0 Å². The summed E-state index contributed by atoms with van der Waals surface area (Å²) in [7, 11) is 1.74. The first-order valence-electron chi connectivity index (χ1n) is 10.5. The van der Waals surface area contributed by atoms with Gasteiger partial charge in [-0.05, 0) is 26.2 Å². The van der Waals surface area contributed by atoms with Crippen molar-refractivity contribution in [2.45, 2.75) is 111 Å². The van der Waals surface area contributed by atoms with Crippen molar-refractivity contribution in [2.24, 2.45) is 5.92 Å². The molecule has 0 aromatic rings. The van der Waals surface area contributed by atoms with Gasteiger partial charge in [-0.2, -0.15) is 0 Å². The molecule has 3 nitrogen and oxygen atoms in total. The highest BCUT2D eigenvalue weighted by Gasteiger charge is 2.40. The molecule has 0 saturated carbocycles. The summed E-state index contributed by atoms with van der Waals surface area (Å²) in [6.07, 6.45) is 14.8. The lowest BCUT2D eigenvalue weighted by Crippen LogP contribution is -2.46. The normalized spacial score (nSPS) is 15.4. The second kappa shape index (κ2) is 16.4. The zero-order valence-corrected chi connectivity index (χ0v) is 17.2. The maximum atomic E-state index is 6.17. The SMILES string of the molecule is CCCCCCCCC(CCCC)C(OC)(OCC)OCCCC. The van der Waals surface area contributed by atoms with Crippen LogP contribution >= 0.6 is 0 Å². The van der Waals surface area contributed by atoms with E-state index in [1.807, 2.05) is 6.92 Å². The van der Waals surface area contributed by atoms with Crippen molar-refractivity contribution in [2.75, 3.05) is 20.3 Å². The largest absolute Gasteiger partial charge is 0.331 e. The Bertz CT molecular complexity index is 257. The molecule has 0 heterocycles. The average Bonchev–Trinajstić information content (AvgIpc) is 2.60. The Morgan fingerprint density at radius 3 is 1.83 bits per heavy atom. The molecule has 0 aromatic heterocycles. The maximum absolute atomic E-state index is 6.17. The van der Waals surface area contributed by atoms with E-state index in [0.29, 0.717) is 19.1 Å². The molecule has 0 spiro atoms. The first-order chi connectivity index (χ1) is 11.7. The number of methoxy groups -OCH3 is 1. The second-order valence-electron chi connectivity index (χ2n) is 6.84. The van der Waals surface area contributed by atoms with Gasteiger partial charge in [0.1, 0.15) is 0 Å². The number of rotatable bonds is 18. The van der Waals surface area contributed by atoms with Crippen LogP contribution in [0.5, 0.6) is 0 Å². The Labute approximate surface area is 151 Å². The number of ether oxygens (including phenoxy) is 3. The molecule has 0 aliphatic rings. The maximum Gasteiger partial charge on any atom is 0.285 e. The van der Waals surface area contributed by atoms with Gasteiger partial charge >= 0.3 is 0 Å². The molecule has 0 aliphatic heterocycles. The fourth-order valence-corrected chi connectivity index (χ4v) is 3.24. The Hall–Kier alpha value is -0.120.